The van der Waals surface area contributed by atoms with E-state index in [0.717, 1.165) is 13.1 Å². The topological polar surface area (TPSA) is 21.3 Å². The molecular formula is C12H17NO. The van der Waals surface area contributed by atoms with Crippen LogP contribution in [0.25, 0.3) is 0 Å². The van der Waals surface area contributed by atoms with Crippen LogP contribution in [0.15, 0.2) is 24.3 Å². The molecule has 1 aliphatic rings. The van der Waals surface area contributed by atoms with Gasteiger partial charge < -0.3 is 10.1 Å². The fraction of sp³-hybridized carbons (Fsp3) is 0.500. The summed E-state index contributed by atoms with van der Waals surface area (Å²) in [4.78, 5) is 0. The summed E-state index contributed by atoms with van der Waals surface area (Å²) in [5, 5.41) is 3.37. The average Bonchev–Trinajstić information content (AvgIpc) is 2.19. The van der Waals surface area contributed by atoms with Gasteiger partial charge in [-0.05, 0) is 19.4 Å². The number of ether oxygens (including phenoxy) is 1. The van der Waals surface area contributed by atoms with Gasteiger partial charge in [0.15, 0.2) is 0 Å². The van der Waals surface area contributed by atoms with Crippen LogP contribution in [0.4, 0.5) is 0 Å². The Balaban J connectivity index is 2.10. The predicted molar refractivity (Wildman–Crippen MR) is 57.3 cm³/mol. The summed E-state index contributed by atoms with van der Waals surface area (Å²) in [5.41, 5.74) is 2.57. The largest absolute Gasteiger partial charge is 0.368 e. The van der Waals surface area contributed by atoms with Crippen molar-refractivity contribution in [3.63, 3.8) is 0 Å². The standard InChI is InChI=1S/C12H17NO/c1-9-3-5-11(6-4-9)12-8-13-7-10(2)14-12/h3-6,10,12-13H,7-8H2,1-2H3/t10-,12+/m0/s1. The summed E-state index contributed by atoms with van der Waals surface area (Å²) in [5.74, 6) is 0. The molecule has 0 amide bonds. The number of hydrogen-bond acceptors (Lipinski definition) is 2. The summed E-state index contributed by atoms with van der Waals surface area (Å²) in [6.07, 6.45) is 0.536. The average molecular weight is 191 g/mol. The summed E-state index contributed by atoms with van der Waals surface area (Å²) in [6.45, 7) is 6.09. The Morgan fingerprint density at radius 2 is 1.93 bits per heavy atom. The van der Waals surface area contributed by atoms with Gasteiger partial charge in [0.2, 0.25) is 0 Å². The number of morpholine rings is 1. The van der Waals surface area contributed by atoms with E-state index < -0.39 is 0 Å². The van der Waals surface area contributed by atoms with Gasteiger partial charge in [-0.15, -0.1) is 0 Å². The van der Waals surface area contributed by atoms with Crippen LogP contribution >= 0.6 is 0 Å². The fourth-order valence-corrected chi connectivity index (χ4v) is 1.77. The van der Waals surface area contributed by atoms with Gasteiger partial charge in [0, 0.05) is 13.1 Å². The number of nitrogens with one attached hydrogen (secondary N) is 1. The molecule has 0 radical (unpaired) electrons. The molecule has 1 aliphatic heterocycles. The Hall–Kier alpha value is -0.860. The second-order valence-electron chi connectivity index (χ2n) is 4.00. The maximum Gasteiger partial charge on any atom is 0.0953 e. The lowest BCUT2D eigenvalue weighted by Crippen LogP contribution is -2.38. The molecule has 2 rings (SSSR count). The third-order valence-corrected chi connectivity index (χ3v) is 2.61. The molecule has 0 aliphatic carbocycles. The smallest absolute Gasteiger partial charge is 0.0953 e. The summed E-state index contributed by atoms with van der Waals surface area (Å²) >= 11 is 0. The monoisotopic (exact) mass is 191 g/mol. The van der Waals surface area contributed by atoms with Crippen molar-refractivity contribution in [2.75, 3.05) is 13.1 Å². The van der Waals surface area contributed by atoms with Crippen molar-refractivity contribution in [1.82, 2.24) is 5.32 Å². The van der Waals surface area contributed by atoms with Crippen LogP contribution in [-0.4, -0.2) is 19.2 Å². The van der Waals surface area contributed by atoms with E-state index in [9.17, 15) is 0 Å². The quantitative estimate of drug-likeness (QED) is 0.733. The number of rotatable bonds is 1. The first-order chi connectivity index (χ1) is 6.75. The van der Waals surface area contributed by atoms with Crippen molar-refractivity contribution in [1.29, 1.82) is 0 Å². The Morgan fingerprint density at radius 3 is 2.57 bits per heavy atom. The van der Waals surface area contributed by atoms with Crippen LogP contribution in [0, 0.1) is 6.92 Å². The molecule has 76 valence electrons. The maximum absolute atomic E-state index is 5.85. The molecule has 1 fully saturated rings. The minimum absolute atomic E-state index is 0.222. The molecule has 0 spiro atoms. The lowest BCUT2D eigenvalue weighted by atomic mass is 10.1. The van der Waals surface area contributed by atoms with Crippen LogP contribution < -0.4 is 5.32 Å². The first-order valence-corrected chi connectivity index (χ1v) is 5.18. The molecule has 0 aromatic heterocycles. The van der Waals surface area contributed by atoms with Crippen LogP contribution in [-0.2, 0) is 4.74 Å². The zero-order valence-corrected chi connectivity index (χ0v) is 8.79. The molecule has 14 heavy (non-hydrogen) atoms. The Bertz CT molecular complexity index is 294. The van der Waals surface area contributed by atoms with E-state index >= 15 is 0 Å². The Morgan fingerprint density at radius 1 is 1.21 bits per heavy atom. The van der Waals surface area contributed by atoms with E-state index in [-0.39, 0.29) is 6.10 Å². The van der Waals surface area contributed by atoms with E-state index in [2.05, 4.69) is 43.4 Å². The lowest BCUT2D eigenvalue weighted by Gasteiger charge is -2.29. The highest BCUT2D eigenvalue weighted by atomic mass is 16.5. The van der Waals surface area contributed by atoms with Gasteiger partial charge in [-0.2, -0.15) is 0 Å². The first-order valence-electron chi connectivity index (χ1n) is 5.18. The van der Waals surface area contributed by atoms with Crippen molar-refractivity contribution in [2.24, 2.45) is 0 Å². The molecule has 1 aromatic carbocycles. The molecule has 1 saturated heterocycles. The van der Waals surface area contributed by atoms with E-state index in [1.54, 1.807) is 0 Å². The first kappa shape index (κ1) is 9.69. The van der Waals surface area contributed by atoms with E-state index in [4.69, 9.17) is 4.74 Å². The molecule has 0 bridgehead atoms. The number of aryl methyl sites for hydroxylation is 1. The van der Waals surface area contributed by atoms with Crippen LogP contribution in [0.5, 0.6) is 0 Å². The predicted octanol–water partition coefficient (Wildman–Crippen LogP) is 2.04. The van der Waals surface area contributed by atoms with E-state index in [1.807, 2.05) is 0 Å². The Labute approximate surface area is 85.3 Å². The number of hydrogen-bond donors (Lipinski definition) is 1. The van der Waals surface area contributed by atoms with Crippen molar-refractivity contribution in [3.8, 4) is 0 Å². The van der Waals surface area contributed by atoms with Gasteiger partial charge in [-0.25, -0.2) is 0 Å². The molecular weight excluding hydrogens is 174 g/mol. The molecule has 1 heterocycles. The maximum atomic E-state index is 5.85. The molecule has 0 saturated carbocycles. The highest BCUT2D eigenvalue weighted by molar-refractivity contribution is 5.23. The minimum atomic E-state index is 0.222. The van der Waals surface area contributed by atoms with Gasteiger partial charge >= 0.3 is 0 Å². The highest BCUT2D eigenvalue weighted by Crippen LogP contribution is 2.21. The minimum Gasteiger partial charge on any atom is -0.368 e. The van der Waals surface area contributed by atoms with Crippen LogP contribution in [0.3, 0.4) is 0 Å². The summed E-state index contributed by atoms with van der Waals surface area (Å²) in [7, 11) is 0. The number of benzene rings is 1. The SMILES string of the molecule is Cc1ccc([C@H]2CNC[C@H](C)O2)cc1. The van der Waals surface area contributed by atoms with E-state index in [1.165, 1.54) is 11.1 Å². The van der Waals surface area contributed by atoms with Gasteiger partial charge in [0.05, 0.1) is 12.2 Å². The normalized spacial score (nSPS) is 27.6. The van der Waals surface area contributed by atoms with Gasteiger partial charge in [-0.1, -0.05) is 29.8 Å². The van der Waals surface area contributed by atoms with Crippen molar-refractivity contribution in [2.45, 2.75) is 26.1 Å². The Kier molecular flexibility index (Phi) is 2.85. The third kappa shape index (κ3) is 2.14. The van der Waals surface area contributed by atoms with Crippen molar-refractivity contribution in [3.05, 3.63) is 35.4 Å². The zero-order valence-electron chi connectivity index (χ0n) is 8.79. The van der Waals surface area contributed by atoms with E-state index in [0.29, 0.717) is 6.10 Å². The van der Waals surface area contributed by atoms with Crippen LogP contribution in [0.1, 0.15) is 24.2 Å². The van der Waals surface area contributed by atoms with Crippen LogP contribution in [0.2, 0.25) is 0 Å². The lowest BCUT2D eigenvalue weighted by molar-refractivity contribution is -0.0287. The zero-order chi connectivity index (χ0) is 9.97. The summed E-state index contributed by atoms with van der Waals surface area (Å²) < 4.78 is 5.85. The van der Waals surface area contributed by atoms with Gasteiger partial charge in [0.1, 0.15) is 0 Å². The molecule has 0 unspecified atom stereocenters. The highest BCUT2D eigenvalue weighted by Gasteiger charge is 2.19. The second kappa shape index (κ2) is 4.11. The molecule has 2 nitrogen and oxygen atoms in total. The fourth-order valence-electron chi connectivity index (χ4n) is 1.77. The second-order valence-corrected chi connectivity index (χ2v) is 4.00. The molecule has 1 aromatic rings. The van der Waals surface area contributed by atoms with Crippen molar-refractivity contribution >= 4 is 0 Å². The molecule has 2 atom stereocenters. The third-order valence-electron chi connectivity index (χ3n) is 2.61. The van der Waals surface area contributed by atoms with Gasteiger partial charge in [0.25, 0.3) is 0 Å². The van der Waals surface area contributed by atoms with Crippen molar-refractivity contribution < 1.29 is 4.74 Å². The molecule has 1 N–H and O–H groups in total. The molecule has 2 heteroatoms. The van der Waals surface area contributed by atoms with Gasteiger partial charge in [-0.3, -0.25) is 0 Å². The summed E-state index contributed by atoms with van der Waals surface area (Å²) in [6, 6.07) is 8.58.